The Morgan fingerprint density at radius 1 is 1.33 bits per heavy atom. The first-order valence-electron chi connectivity index (χ1n) is 7.31. The zero-order valence-electron chi connectivity index (χ0n) is 11.3. The summed E-state index contributed by atoms with van der Waals surface area (Å²) in [5.41, 5.74) is 0. The summed E-state index contributed by atoms with van der Waals surface area (Å²) in [5, 5.41) is 4.41. The summed E-state index contributed by atoms with van der Waals surface area (Å²) in [6.45, 7) is 2.70. The number of esters is 1. The second-order valence-electron chi connectivity index (χ2n) is 5.43. The molecule has 0 aromatic rings. The molecule has 104 valence electrons. The van der Waals surface area contributed by atoms with Crippen molar-refractivity contribution in [3.63, 3.8) is 0 Å². The van der Waals surface area contributed by atoms with Gasteiger partial charge in [-0.3, -0.25) is 4.79 Å². The van der Waals surface area contributed by atoms with Gasteiger partial charge in [-0.2, -0.15) is 11.8 Å². The number of hydrogen-bond donors (Lipinski definition) is 1. The summed E-state index contributed by atoms with van der Waals surface area (Å²) in [6, 6.07) is 1.50. The molecule has 2 fully saturated rings. The fraction of sp³-hybridized carbons (Fsp3) is 0.929. The summed E-state index contributed by atoms with van der Waals surface area (Å²) in [6.07, 6.45) is 7.91. The number of piperidine rings is 1. The van der Waals surface area contributed by atoms with Gasteiger partial charge in [0.1, 0.15) is 0 Å². The molecule has 0 aromatic carbocycles. The van der Waals surface area contributed by atoms with Gasteiger partial charge >= 0.3 is 5.97 Å². The van der Waals surface area contributed by atoms with Gasteiger partial charge in [0, 0.05) is 23.1 Å². The van der Waals surface area contributed by atoms with E-state index in [1.165, 1.54) is 25.7 Å². The normalized spacial score (nSPS) is 30.4. The van der Waals surface area contributed by atoms with E-state index in [1.54, 1.807) is 0 Å². The summed E-state index contributed by atoms with van der Waals surface area (Å²) >= 11 is 1.97. The fourth-order valence-corrected chi connectivity index (χ4v) is 4.21. The second-order valence-corrected chi connectivity index (χ2v) is 6.83. The van der Waals surface area contributed by atoms with Crippen LogP contribution < -0.4 is 5.32 Å². The highest BCUT2D eigenvalue weighted by Crippen LogP contribution is 2.33. The van der Waals surface area contributed by atoms with Gasteiger partial charge in [-0.25, -0.2) is 0 Å². The molecule has 2 unspecified atom stereocenters. The van der Waals surface area contributed by atoms with Gasteiger partial charge in [0.05, 0.1) is 13.0 Å². The molecule has 2 heterocycles. The van der Waals surface area contributed by atoms with Crippen LogP contribution in [0, 0.1) is 0 Å². The zero-order chi connectivity index (χ0) is 12.8. The van der Waals surface area contributed by atoms with E-state index >= 15 is 0 Å². The van der Waals surface area contributed by atoms with Crippen LogP contribution in [0.2, 0.25) is 0 Å². The molecule has 0 amide bonds. The van der Waals surface area contributed by atoms with E-state index in [1.807, 2.05) is 11.8 Å². The maximum Gasteiger partial charge on any atom is 0.306 e. The van der Waals surface area contributed by atoms with E-state index in [9.17, 15) is 4.79 Å². The minimum atomic E-state index is -0.0205. The molecule has 3 nitrogen and oxygen atoms in total. The lowest BCUT2D eigenvalue weighted by Gasteiger charge is -2.28. The third-order valence-corrected chi connectivity index (χ3v) is 5.15. The molecular formula is C14H25NO2S. The number of ether oxygens (including phenoxy) is 1. The lowest BCUT2D eigenvalue weighted by Crippen LogP contribution is -2.39. The Bertz CT molecular complexity index is 261. The molecule has 0 spiro atoms. The van der Waals surface area contributed by atoms with Crippen molar-refractivity contribution >= 4 is 17.7 Å². The molecule has 4 heteroatoms. The third-order valence-electron chi connectivity index (χ3n) is 3.85. The number of fused-ring (bicyclic) bond motifs is 2. The molecular weight excluding hydrogens is 246 g/mol. The van der Waals surface area contributed by atoms with Crippen molar-refractivity contribution in [2.75, 3.05) is 12.4 Å². The van der Waals surface area contributed by atoms with Gasteiger partial charge < -0.3 is 10.1 Å². The third kappa shape index (κ3) is 4.47. The smallest absolute Gasteiger partial charge is 0.306 e. The summed E-state index contributed by atoms with van der Waals surface area (Å²) < 4.78 is 5.16. The lowest BCUT2D eigenvalue weighted by atomic mass is 10.1. The number of nitrogens with one attached hydrogen (secondary N) is 1. The van der Waals surface area contributed by atoms with Crippen LogP contribution >= 0.6 is 11.8 Å². The minimum Gasteiger partial charge on any atom is -0.466 e. The van der Waals surface area contributed by atoms with Crippen LogP contribution in [0.5, 0.6) is 0 Å². The van der Waals surface area contributed by atoms with Crippen molar-refractivity contribution in [2.24, 2.45) is 0 Å². The maximum absolute atomic E-state index is 11.5. The van der Waals surface area contributed by atoms with E-state index in [0.717, 1.165) is 35.9 Å². The standard InChI is InChI=1S/C14H25NO2S/c1-2-3-7-17-14(16)6-8-18-13-9-11-4-5-12(10-13)15-11/h11-13,15H,2-10H2,1H3. The van der Waals surface area contributed by atoms with E-state index < -0.39 is 0 Å². The Morgan fingerprint density at radius 3 is 2.72 bits per heavy atom. The molecule has 2 saturated heterocycles. The first-order chi connectivity index (χ1) is 8.78. The van der Waals surface area contributed by atoms with Crippen molar-refractivity contribution in [3.05, 3.63) is 0 Å². The predicted octanol–water partition coefficient (Wildman–Crippen LogP) is 2.74. The molecule has 2 aliphatic heterocycles. The summed E-state index contributed by atoms with van der Waals surface area (Å²) in [4.78, 5) is 11.5. The number of carbonyl (C=O) groups is 1. The highest BCUT2D eigenvalue weighted by molar-refractivity contribution is 7.99. The highest BCUT2D eigenvalue weighted by atomic mass is 32.2. The van der Waals surface area contributed by atoms with Gasteiger partial charge in [0.2, 0.25) is 0 Å². The molecule has 2 atom stereocenters. The van der Waals surface area contributed by atoms with Gasteiger partial charge in [-0.15, -0.1) is 0 Å². The Labute approximate surface area is 114 Å². The van der Waals surface area contributed by atoms with Gasteiger partial charge in [-0.05, 0) is 32.1 Å². The Kier molecular flexibility index (Phi) is 5.83. The largest absolute Gasteiger partial charge is 0.466 e. The molecule has 2 aliphatic rings. The van der Waals surface area contributed by atoms with E-state index in [-0.39, 0.29) is 5.97 Å². The molecule has 0 aromatic heterocycles. The van der Waals surface area contributed by atoms with Crippen molar-refractivity contribution in [1.29, 1.82) is 0 Å². The Morgan fingerprint density at radius 2 is 2.06 bits per heavy atom. The molecule has 2 rings (SSSR count). The number of unbranched alkanes of at least 4 members (excludes halogenated alkanes) is 1. The Balaban J connectivity index is 1.54. The Hall–Kier alpha value is -0.220. The van der Waals surface area contributed by atoms with Gasteiger partial charge in [-0.1, -0.05) is 13.3 Å². The molecule has 0 saturated carbocycles. The first-order valence-corrected chi connectivity index (χ1v) is 8.36. The zero-order valence-corrected chi connectivity index (χ0v) is 12.1. The summed E-state index contributed by atoms with van der Waals surface area (Å²) in [7, 11) is 0. The summed E-state index contributed by atoms with van der Waals surface area (Å²) in [5.74, 6) is 0.905. The maximum atomic E-state index is 11.5. The SMILES string of the molecule is CCCCOC(=O)CCSC1CC2CCC(C1)N2. The second kappa shape index (κ2) is 7.39. The highest BCUT2D eigenvalue weighted by Gasteiger charge is 2.33. The quantitative estimate of drug-likeness (QED) is 0.571. The van der Waals surface area contributed by atoms with Gasteiger partial charge in [0.25, 0.3) is 0 Å². The average Bonchev–Trinajstić information content (AvgIpc) is 2.69. The fourth-order valence-electron chi connectivity index (χ4n) is 2.85. The van der Waals surface area contributed by atoms with Crippen molar-refractivity contribution in [3.8, 4) is 0 Å². The number of carbonyl (C=O) groups excluding carboxylic acids is 1. The predicted molar refractivity (Wildman–Crippen MR) is 75.9 cm³/mol. The van der Waals surface area contributed by atoms with Crippen LogP contribution in [0.25, 0.3) is 0 Å². The van der Waals surface area contributed by atoms with E-state index in [2.05, 4.69) is 12.2 Å². The number of thioether (sulfide) groups is 1. The van der Waals surface area contributed by atoms with Crippen LogP contribution in [0.15, 0.2) is 0 Å². The van der Waals surface area contributed by atoms with Crippen LogP contribution in [0.3, 0.4) is 0 Å². The molecule has 0 aliphatic carbocycles. The minimum absolute atomic E-state index is 0.0205. The lowest BCUT2D eigenvalue weighted by molar-refractivity contribution is -0.143. The van der Waals surface area contributed by atoms with Crippen molar-refractivity contribution < 1.29 is 9.53 Å². The molecule has 18 heavy (non-hydrogen) atoms. The molecule has 0 radical (unpaired) electrons. The average molecular weight is 271 g/mol. The first kappa shape index (κ1) is 14.2. The van der Waals surface area contributed by atoms with Crippen LogP contribution in [-0.2, 0) is 9.53 Å². The van der Waals surface area contributed by atoms with Crippen molar-refractivity contribution in [1.82, 2.24) is 5.32 Å². The number of hydrogen-bond acceptors (Lipinski definition) is 4. The number of rotatable bonds is 7. The van der Waals surface area contributed by atoms with Crippen LogP contribution in [0.4, 0.5) is 0 Å². The van der Waals surface area contributed by atoms with E-state index in [4.69, 9.17) is 4.74 Å². The molecule has 1 N–H and O–H groups in total. The van der Waals surface area contributed by atoms with Crippen molar-refractivity contribution in [2.45, 2.75) is 69.2 Å². The topological polar surface area (TPSA) is 38.3 Å². The van der Waals surface area contributed by atoms with E-state index in [0.29, 0.717) is 13.0 Å². The molecule has 2 bridgehead atoms. The van der Waals surface area contributed by atoms with Gasteiger partial charge in [0.15, 0.2) is 0 Å². The monoisotopic (exact) mass is 271 g/mol. The van der Waals surface area contributed by atoms with Crippen LogP contribution in [0.1, 0.15) is 51.9 Å². The van der Waals surface area contributed by atoms with Crippen LogP contribution in [-0.4, -0.2) is 35.7 Å².